The summed E-state index contributed by atoms with van der Waals surface area (Å²) >= 11 is 0. The van der Waals surface area contributed by atoms with Crippen molar-refractivity contribution in [2.24, 2.45) is 5.92 Å². The van der Waals surface area contributed by atoms with Crippen molar-refractivity contribution in [1.29, 1.82) is 0 Å². The Morgan fingerprint density at radius 2 is 1.67 bits per heavy atom. The van der Waals surface area contributed by atoms with Crippen LogP contribution >= 0.6 is 0 Å². The number of carbonyl (C=O) groups excluding carboxylic acids is 1. The minimum atomic E-state index is -4.39. The van der Waals surface area contributed by atoms with Crippen LogP contribution in [-0.4, -0.2) is 42.0 Å². The third kappa shape index (κ3) is 3.63. The average Bonchev–Trinajstić information content (AvgIpc) is 3.48. The SMILES string of the molecule is O=C(C1CC1c1ccccc1C(F)(F)F)N1CCN(c2ccncc2)CC1. The van der Waals surface area contributed by atoms with E-state index in [9.17, 15) is 18.0 Å². The number of alkyl halides is 3. The maximum absolute atomic E-state index is 13.2. The lowest BCUT2D eigenvalue weighted by Crippen LogP contribution is -2.49. The van der Waals surface area contributed by atoms with E-state index >= 15 is 0 Å². The van der Waals surface area contributed by atoms with Gasteiger partial charge in [-0.05, 0) is 36.1 Å². The molecule has 0 N–H and O–H groups in total. The molecule has 142 valence electrons. The summed E-state index contributed by atoms with van der Waals surface area (Å²) in [6.07, 6.45) is -0.418. The van der Waals surface area contributed by atoms with E-state index in [0.717, 1.165) is 11.8 Å². The van der Waals surface area contributed by atoms with Crippen molar-refractivity contribution in [1.82, 2.24) is 9.88 Å². The number of carbonyl (C=O) groups is 1. The van der Waals surface area contributed by atoms with Crippen molar-refractivity contribution in [3.63, 3.8) is 0 Å². The Morgan fingerprint density at radius 1 is 1.00 bits per heavy atom. The van der Waals surface area contributed by atoms with Gasteiger partial charge in [-0.2, -0.15) is 13.2 Å². The molecular formula is C20H20F3N3O. The lowest BCUT2D eigenvalue weighted by atomic mass is 10.0. The van der Waals surface area contributed by atoms with Gasteiger partial charge < -0.3 is 9.80 Å². The molecule has 2 aliphatic rings. The highest BCUT2D eigenvalue weighted by atomic mass is 19.4. The second-order valence-corrected chi connectivity index (χ2v) is 7.05. The highest BCUT2D eigenvalue weighted by Gasteiger charge is 2.49. The van der Waals surface area contributed by atoms with Gasteiger partial charge in [0, 0.05) is 50.2 Å². The molecule has 27 heavy (non-hydrogen) atoms. The Bertz CT molecular complexity index is 817. The normalized spacial score (nSPS) is 22.6. The number of hydrogen-bond acceptors (Lipinski definition) is 3. The van der Waals surface area contributed by atoms with Crippen LogP contribution in [-0.2, 0) is 11.0 Å². The monoisotopic (exact) mass is 375 g/mol. The van der Waals surface area contributed by atoms with E-state index in [-0.39, 0.29) is 23.3 Å². The molecule has 2 heterocycles. The van der Waals surface area contributed by atoms with E-state index in [1.165, 1.54) is 12.1 Å². The van der Waals surface area contributed by atoms with Crippen molar-refractivity contribution < 1.29 is 18.0 Å². The molecule has 0 bridgehead atoms. The smallest absolute Gasteiger partial charge is 0.368 e. The molecule has 2 fully saturated rings. The lowest BCUT2D eigenvalue weighted by Gasteiger charge is -2.36. The van der Waals surface area contributed by atoms with E-state index in [0.29, 0.717) is 32.6 Å². The fourth-order valence-corrected chi connectivity index (χ4v) is 3.86. The summed E-state index contributed by atoms with van der Waals surface area (Å²) < 4.78 is 39.7. The van der Waals surface area contributed by atoms with E-state index in [1.54, 1.807) is 23.4 Å². The van der Waals surface area contributed by atoms with E-state index < -0.39 is 11.7 Å². The molecular weight excluding hydrogens is 355 g/mol. The first-order valence-corrected chi connectivity index (χ1v) is 9.05. The first-order chi connectivity index (χ1) is 12.9. The van der Waals surface area contributed by atoms with Crippen molar-refractivity contribution in [2.45, 2.75) is 18.5 Å². The predicted octanol–water partition coefficient (Wildman–Crippen LogP) is 3.55. The summed E-state index contributed by atoms with van der Waals surface area (Å²) in [7, 11) is 0. The van der Waals surface area contributed by atoms with Crippen molar-refractivity contribution in [3.8, 4) is 0 Å². The fraction of sp³-hybridized carbons (Fsp3) is 0.400. The Kier molecular flexibility index (Phi) is 4.53. The Hall–Kier alpha value is -2.57. The van der Waals surface area contributed by atoms with Crippen LogP contribution < -0.4 is 4.90 Å². The summed E-state index contributed by atoms with van der Waals surface area (Å²) in [4.78, 5) is 20.7. The number of hydrogen-bond donors (Lipinski definition) is 0. The van der Waals surface area contributed by atoms with Crippen LogP contribution in [0.5, 0.6) is 0 Å². The highest BCUT2D eigenvalue weighted by molar-refractivity contribution is 5.83. The zero-order valence-electron chi connectivity index (χ0n) is 14.7. The molecule has 1 aromatic heterocycles. The van der Waals surface area contributed by atoms with Crippen LogP contribution in [0.25, 0.3) is 0 Å². The van der Waals surface area contributed by atoms with Gasteiger partial charge in [0.15, 0.2) is 0 Å². The van der Waals surface area contributed by atoms with Crippen LogP contribution in [0.15, 0.2) is 48.8 Å². The Balaban J connectivity index is 1.39. The van der Waals surface area contributed by atoms with E-state index in [1.807, 2.05) is 12.1 Å². The van der Waals surface area contributed by atoms with Gasteiger partial charge in [0.25, 0.3) is 0 Å². The number of amides is 1. The minimum Gasteiger partial charge on any atom is -0.368 e. The molecule has 1 aliphatic carbocycles. The summed E-state index contributed by atoms with van der Waals surface area (Å²) in [5.74, 6) is -0.680. The summed E-state index contributed by atoms with van der Waals surface area (Å²) in [5, 5.41) is 0. The van der Waals surface area contributed by atoms with Crippen LogP contribution in [0.4, 0.5) is 18.9 Å². The van der Waals surface area contributed by atoms with Crippen LogP contribution in [0, 0.1) is 5.92 Å². The number of pyridine rings is 1. The Labute approximate surface area is 155 Å². The highest BCUT2D eigenvalue weighted by Crippen LogP contribution is 2.51. The Morgan fingerprint density at radius 3 is 2.33 bits per heavy atom. The first-order valence-electron chi connectivity index (χ1n) is 9.05. The van der Waals surface area contributed by atoms with Gasteiger partial charge >= 0.3 is 6.18 Å². The zero-order chi connectivity index (χ0) is 19.0. The summed E-state index contributed by atoms with van der Waals surface area (Å²) in [6.45, 7) is 2.61. The van der Waals surface area contributed by atoms with Crippen molar-refractivity contribution >= 4 is 11.6 Å². The predicted molar refractivity (Wildman–Crippen MR) is 95.3 cm³/mol. The molecule has 1 saturated heterocycles. The van der Waals surface area contributed by atoms with Gasteiger partial charge in [-0.3, -0.25) is 9.78 Å². The largest absolute Gasteiger partial charge is 0.416 e. The first kappa shape index (κ1) is 17.8. The zero-order valence-corrected chi connectivity index (χ0v) is 14.7. The third-order valence-electron chi connectivity index (χ3n) is 5.39. The maximum Gasteiger partial charge on any atom is 0.416 e. The molecule has 4 nitrogen and oxygen atoms in total. The second kappa shape index (κ2) is 6.87. The minimum absolute atomic E-state index is 0.0219. The number of piperazine rings is 1. The molecule has 1 amide bonds. The average molecular weight is 375 g/mol. The second-order valence-electron chi connectivity index (χ2n) is 7.05. The number of anilines is 1. The van der Waals surface area contributed by atoms with Gasteiger partial charge in [-0.1, -0.05) is 18.2 Å². The van der Waals surface area contributed by atoms with Gasteiger partial charge in [0.05, 0.1) is 5.56 Å². The van der Waals surface area contributed by atoms with Crippen molar-refractivity contribution in [3.05, 3.63) is 59.9 Å². The van der Waals surface area contributed by atoms with E-state index in [2.05, 4.69) is 9.88 Å². The summed E-state index contributed by atoms with van der Waals surface area (Å²) in [5.41, 5.74) is 0.701. The molecule has 2 aromatic rings. The topological polar surface area (TPSA) is 36.4 Å². The van der Waals surface area contributed by atoms with Gasteiger partial charge in [-0.25, -0.2) is 0 Å². The molecule has 2 unspecified atom stereocenters. The number of benzene rings is 1. The van der Waals surface area contributed by atoms with Gasteiger partial charge in [0.2, 0.25) is 5.91 Å². The lowest BCUT2D eigenvalue weighted by molar-refractivity contribution is -0.138. The number of halogens is 3. The van der Waals surface area contributed by atoms with Crippen molar-refractivity contribution in [2.75, 3.05) is 31.1 Å². The molecule has 4 rings (SSSR count). The molecule has 0 spiro atoms. The van der Waals surface area contributed by atoms with Gasteiger partial charge in [-0.15, -0.1) is 0 Å². The van der Waals surface area contributed by atoms with Crippen LogP contribution in [0.3, 0.4) is 0 Å². The molecule has 1 saturated carbocycles. The van der Waals surface area contributed by atoms with Crippen LogP contribution in [0.1, 0.15) is 23.5 Å². The standard InChI is InChI=1S/C20H20F3N3O/c21-20(22,23)18-4-2-1-3-15(18)16-13-17(16)19(27)26-11-9-25(10-12-26)14-5-7-24-8-6-14/h1-8,16-17H,9-13H2. The molecule has 1 aromatic carbocycles. The number of rotatable bonds is 3. The molecule has 0 radical (unpaired) electrons. The molecule has 1 aliphatic heterocycles. The van der Waals surface area contributed by atoms with Gasteiger partial charge in [0.1, 0.15) is 0 Å². The quantitative estimate of drug-likeness (QED) is 0.823. The molecule has 7 heteroatoms. The fourth-order valence-electron chi connectivity index (χ4n) is 3.86. The number of aromatic nitrogens is 1. The molecule has 2 atom stereocenters. The summed E-state index contributed by atoms with van der Waals surface area (Å²) in [6, 6.07) is 9.47. The number of nitrogens with zero attached hydrogens (tertiary/aromatic N) is 3. The maximum atomic E-state index is 13.2. The van der Waals surface area contributed by atoms with Crippen LogP contribution in [0.2, 0.25) is 0 Å². The third-order valence-corrected chi connectivity index (χ3v) is 5.39. The van der Waals surface area contributed by atoms with E-state index in [4.69, 9.17) is 0 Å².